The molecular weight excluding hydrogens is 114 g/mol. The van der Waals surface area contributed by atoms with Gasteiger partial charge in [-0.3, -0.25) is 9.20 Å². The Morgan fingerprint density at radius 2 is 2.71 bits per heavy atom. The van der Waals surface area contributed by atoms with Crippen LogP contribution in [0.15, 0.2) is 4.99 Å². The van der Waals surface area contributed by atoms with Crippen molar-refractivity contribution in [2.45, 2.75) is 0 Å². The highest BCUT2D eigenvalue weighted by molar-refractivity contribution is 7.98. The van der Waals surface area contributed by atoms with Crippen LogP contribution in [0.25, 0.3) is 0 Å². The van der Waals surface area contributed by atoms with Crippen LogP contribution in [0.1, 0.15) is 0 Å². The normalized spacial score (nSPS) is 30.6. The maximum atomic E-state index is 10.3. The second-order valence-corrected chi connectivity index (χ2v) is 2.33. The lowest BCUT2D eigenvalue weighted by Crippen LogP contribution is -2.08. The topological polar surface area (TPSA) is 38.7 Å². The summed E-state index contributed by atoms with van der Waals surface area (Å²) in [5.74, 6) is 0.309. The molecule has 1 aliphatic heterocycles. The molecule has 4 heteroatoms. The highest BCUT2D eigenvalue weighted by Gasteiger charge is 1.97. The van der Waals surface area contributed by atoms with E-state index >= 15 is 0 Å². The minimum atomic E-state index is -0.954. The van der Waals surface area contributed by atoms with E-state index in [1.807, 2.05) is 0 Å². The molecule has 0 aromatic carbocycles. The molecule has 0 bridgehead atoms. The highest BCUT2D eigenvalue weighted by Crippen LogP contribution is 1.87. The highest BCUT2D eigenvalue weighted by atomic mass is 32.2. The molecule has 0 aromatic heterocycles. The molecule has 7 heavy (non-hydrogen) atoms. The Morgan fingerprint density at radius 3 is 3.00 bits per heavy atom. The molecular formula is C3H5NO2S. The molecule has 0 saturated heterocycles. The summed E-state index contributed by atoms with van der Waals surface area (Å²) >= 11 is 0. The number of hydrogen-bond donors (Lipinski definition) is 0. The van der Waals surface area contributed by atoms with E-state index in [0.717, 1.165) is 0 Å². The summed E-state index contributed by atoms with van der Waals surface area (Å²) in [4.78, 5) is 3.61. The van der Waals surface area contributed by atoms with E-state index in [1.54, 1.807) is 0 Å². The Kier molecular flexibility index (Phi) is 1.54. The van der Waals surface area contributed by atoms with Crippen molar-refractivity contribution >= 4 is 16.3 Å². The van der Waals surface area contributed by atoms with E-state index in [0.29, 0.717) is 12.7 Å². The predicted octanol–water partition coefficient (Wildman–Crippen LogP) is -0.291. The molecule has 1 atom stereocenters. The molecule has 0 N–H and O–H groups in total. The molecule has 1 unspecified atom stereocenters. The lowest BCUT2D eigenvalue weighted by Gasteiger charge is -2.00. The second-order valence-electron chi connectivity index (χ2n) is 1.12. The van der Waals surface area contributed by atoms with Crippen LogP contribution in [0.3, 0.4) is 0 Å². The summed E-state index contributed by atoms with van der Waals surface area (Å²) in [5.41, 5.74) is 1.41. The molecule has 0 fully saturated rings. The second kappa shape index (κ2) is 2.18. The van der Waals surface area contributed by atoms with Crippen molar-refractivity contribution in [1.82, 2.24) is 0 Å². The van der Waals surface area contributed by atoms with Gasteiger partial charge in [0.15, 0.2) is 0 Å². The monoisotopic (exact) mass is 119 g/mol. The lowest BCUT2D eigenvalue weighted by molar-refractivity contribution is 0.188. The third-order valence-electron chi connectivity index (χ3n) is 0.557. The summed E-state index contributed by atoms with van der Waals surface area (Å²) < 4.78 is 15.0. The summed E-state index contributed by atoms with van der Waals surface area (Å²) in [5, 5.41) is 0. The van der Waals surface area contributed by atoms with E-state index in [-0.39, 0.29) is 0 Å². The zero-order chi connectivity index (χ0) is 5.11. The first kappa shape index (κ1) is 4.93. The van der Waals surface area contributed by atoms with Gasteiger partial charge in [0.2, 0.25) is 0 Å². The van der Waals surface area contributed by atoms with Gasteiger partial charge in [0.25, 0.3) is 0 Å². The van der Waals surface area contributed by atoms with E-state index in [2.05, 4.69) is 9.73 Å². The molecule has 0 aromatic rings. The molecule has 0 amide bonds. The van der Waals surface area contributed by atoms with Crippen molar-refractivity contribution in [3.8, 4) is 0 Å². The van der Waals surface area contributed by atoms with Crippen molar-refractivity contribution < 1.29 is 8.95 Å². The van der Waals surface area contributed by atoms with Gasteiger partial charge in [-0.1, -0.05) is 0 Å². The molecule has 0 aliphatic carbocycles. The first-order valence-corrected chi connectivity index (χ1v) is 3.22. The smallest absolute Gasteiger partial charge is 0.139 e. The molecule has 1 aliphatic rings. The van der Waals surface area contributed by atoms with Gasteiger partial charge in [-0.25, -0.2) is 0 Å². The number of aliphatic imine (C=N–C) groups is 1. The molecule has 3 nitrogen and oxygen atoms in total. The molecule has 40 valence electrons. The number of rotatable bonds is 0. The third-order valence-corrected chi connectivity index (χ3v) is 1.34. The molecule has 0 spiro atoms. The Morgan fingerprint density at radius 1 is 1.86 bits per heavy atom. The number of ether oxygens (including phenoxy) is 1. The maximum absolute atomic E-state index is 10.3. The summed E-state index contributed by atoms with van der Waals surface area (Å²) in [6.07, 6.45) is 0. The third kappa shape index (κ3) is 1.36. The average Bonchev–Trinajstić information content (AvgIpc) is 1.69. The lowest BCUT2D eigenvalue weighted by atomic mass is 11.2. The van der Waals surface area contributed by atoms with Gasteiger partial charge in [0.05, 0.1) is 16.3 Å². The van der Waals surface area contributed by atoms with Crippen molar-refractivity contribution in [3.63, 3.8) is 0 Å². The van der Waals surface area contributed by atoms with Crippen molar-refractivity contribution in [2.75, 3.05) is 12.7 Å². The largest absolute Gasteiger partial charge is 0.346 e. The van der Waals surface area contributed by atoms with Gasteiger partial charge in [0.1, 0.15) is 12.7 Å². The van der Waals surface area contributed by atoms with Crippen LogP contribution < -0.4 is 0 Å². The van der Waals surface area contributed by atoms with Crippen LogP contribution in [-0.4, -0.2) is 22.4 Å². The van der Waals surface area contributed by atoms with Gasteiger partial charge >= 0.3 is 0 Å². The van der Waals surface area contributed by atoms with E-state index in [1.165, 1.54) is 5.55 Å². The van der Waals surface area contributed by atoms with E-state index in [9.17, 15) is 4.21 Å². The predicted molar refractivity (Wildman–Crippen MR) is 27.5 cm³/mol. The zero-order valence-corrected chi connectivity index (χ0v) is 4.48. The first-order valence-electron chi connectivity index (χ1n) is 1.84. The Labute approximate surface area is 43.8 Å². The summed E-state index contributed by atoms with van der Waals surface area (Å²) in [6, 6.07) is 0. The van der Waals surface area contributed by atoms with Crippen LogP contribution in [-0.2, 0) is 15.5 Å². The van der Waals surface area contributed by atoms with Gasteiger partial charge in [-0.15, -0.1) is 0 Å². The fraction of sp³-hybridized carbons (Fsp3) is 0.667. The van der Waals surface area contributed by atoms with Crippen molar-refractivity contribution in [3.05, 3.63) is 0 Å². The Hall–Kier alpha value is -0.220. The molecule has 0 radical (unpaired) electrons. The molecule has 1 heterocycles. The Bertz CT molecular complexity index is 112. The van der Waals surface area contributed by atoms with Crippen molar-refractivity contribution in [1.29, 1.82) is 0 Å². The molecule has 1 rings (SSSR count). The fourth-order valence-corrected chi connectivity index (χ4v) is 0.843. The van der Waals surface area contributed by atoms with E-state index in [4.69, 9.17) is 0 Å². The Balaban J connectivity index is 2.51. The maximum Gasteiger partial charge on any atom is 0.139 e. The average molecular weight is 119 g/mol. The number of hydrogen-bond acceptors (Lipinski definition) is 3. The van der Waals surface area contributed by atoms with Crippen LogP contribution in [0, 0.1) is 0 Å². The van der Waals surface area contributed by atoms with Gasteiger partial charge < -0.3 is 4.74 Å². The number of nitrogens with zero attached hydrogens (tertiary/aromatic N) is 1. The summed E-state index contributed by atoms with van der Waals surface area (Å²) in [7, 11) is -0.954. The SMILES string of the molecule is O=S1C=NCOC1. The van der Waals surface area contributed by atoms with E-state index < -0.39 is 10.8 Å². The van der Waals surface area contributed by atoms with Crippen LogP contribution in [0.2, 0.25) is 0 Å². The van der Waals surface area contributed by atoms with Gasteiger partial charge in [0, 0.05) is 0 Å². The fourth-order valence-electron chi connectivity index (χ4n) is 0.316. The minimum Gasteiger partial charge on any atom is -0.346 e. The van der Waals surface area contributed by atoms with Crippen LogP contribution >= 0.6 is 0 Å². The van der Waals surface area contributed by atoms with Gasteiger partial charge in [-0.05, 0) is 0 Å². The standard InChI is InChI=1S/C3H5NO2S/c5-7-2-4-1-6-3-7/h2H,1,3H2. The molecule has 0 saturated carbocycles. The van der Waals surface area contributed by atoms with Gasteiger partial charge in [-0.2, -0.15) is 0 Å². The first-order chi connectivity index (χ1) is 3.39. The summed E-state index contributed by atoms with van der Waals surface area (Å²) in [6.45, 7) is 0.367. The van der Waals surface area contributed by atoms with Crippen LogP contribution in [0.4, 0.5) is 0 Å². The quantitative estimate of drug-likeness (QED) is 0.439. The zero-order valence-electron chi connectivity index (χ0n) is 3.66. The van der Waals surface area contributed by atoms with Crippen molar-refractivity contribution in [2.24, 2.45) is 4.99 Å². The minimum absolute atomic E-state index is 0.309. The van der Waals surface area contributed by atoms with Crippen LogP contribution in [0.5, 0.6) is 0 Å².